The Morgan fingerprint density at radius 2 is 0.600 bits per heavy atom. The van der Waals surface area contributed by atoms with Gasteiger partial charge in [-0.15, -0.1) is 0 Å². The fourth-order valence-electron chi connectivity index (χ4n) is 0. The van der Waals surface area contributed by atoms with Crippen LogP contribution in [0.1, 0.15) is 0 Å². The molecule has 0 aliphatic heterocycles. The molecule has 0 amide bonds. The Hall–Kier alpha value is -0.215. The van der Waals surface area contributed by atoms with Gasteiger partial charge in [-0.2, -0.15) is 0 Å². The van der Waals surface area contributed by atoms with Gasteiger partial charge in [0.1, 0.15) is 0 Å². The van der Waals surface area contributed by atoms with Gasteiger partial charge in [0, 0.05) is 0 Å². The summed E-state index contributed by atoms with van der Waals surface area (Å²) in [6, 6.07) is 0. The van der Waals surface area contributed by atoms with Gasteiger partial charge in [-0.3, -0.25) is 4.70 Å². The molecular formula is HBF4. The third-order valence-corrected chi connectivity index (χ3v) is 0. The standard InChI is InChI=1S/B.4FH/h;4*1H/q+3;;;;/p-3. The zero-order valence-corrected chi connectivity index (χ0v) is 2.12. The van der Waals surface area contributed by atoms with Crippen molar-refractivity contribution in [3.63, 3.8) is 0 Å². The normalized spacial score (nSPS) is 0. The molecule has 0 rings (SSSR count). The van der Waals surface area contributed by atoms with Gasteiger partial charge in [0.15, 0.2) is 0 Å². The van der Waals surface area contributed by atoms with E-state index in [9.17, 15) is 0 Å². The van der Waals surface area contributed by atoms with Crippen LogP contribution in [0.3, 0.4) is 0 Å². The third kappa shape index (κ3) is 261. The van der Waals surface area contributed by atoms with E-state index in [0.717, 1.165) is 0 Å². The number of halogens is 4. The quantitative estimate of drug-likeness (QED) is 0.204. The van der Waals surface area contributed by atoms with E-state index in [2.05, 4.69) is 0 Å². The van der Waals surface area contributed by atoms with Crippen molar-refractivity contribution < 1.29 is 18.8 Å². The van der Waals surface area contributed by atoms with Crippen molar-refractivity contribution in [1.82, 2.24) is 0 Å². The number of hydrogen-bond acceptors (Lipinski definition) is 0. The summed E-state index contributed by atoms with van der Waals surface area (Å²) >= 11 is 0. The maximum atomic E-state index is 0. The smallest absolute Gasteiger partial charge is 1.00 e. The molecule has 0 fully saturated rings. The van der Waals surface area contributed by atoms with Gasteiger partial charge in [-0.1, -0.05) is 0 Å². The first kappa shape index (κ1) is 1480. The molecule has 0 heterocycles. The van der Waals surface area contributed by atoms with E-state index in [1.54, 1.807) is 0 Å². The van der Waals surface area contributed by atoms with Crippen molar-refractivity contribution in [2.24, 2.45) is 0 Å². The van der Waals surface area contributed by atoms with Crippen LogP contribution in [0, 0.1) is 0 Å². The minimum atomic E-state index is 0. The third-order valence-electron chi connectivity index (χ3n) is 0. The summed E-state index contributed by atoms with van der Waals surface area (Å²) in [6.45, 7) is 0. The van der Waals surface area contributed by atoms with Gasteiger partial charge in [0.2, 0.25) is 0 Å². The first-order chi connectivity index (χ1) is 0. The van der Waals surface area contributed by atoms with E-state index < -0.39 is 0 Å². The topological polar surface area (TPSA) is 0 Å². The van der Waals surface area contributed by atoms with Crippen molar-refractivity contribution in [2.45, 2.75) is 0 Å². The monoisotopic (exact) mass is 88.0 g/mol. The summed E-state index contributed by atoms with van der Waals surface area (Å²) in [5.41, 5.74) is 0. The van der Waals surface area contributed by atoms with Crippen LogP contribution in [0.15, 0.2) is 0 Å². The second-order valence-corrected chi connectivity index (χ2v) is 0. The summed E-state index contributed by atoms with van der Waals surface area (Å²) in [5.74, 6) is 0. The summed E-state index contributed by atoms with van der Waals surface area (Å²) in [7, 11) is 0. The molecule has 5 heteroatoms. The molecule has 0 nitrogen and oxygen atoms in total. The first-order valence-corrected chi connectivity index (χ1v) is 0. The molecule has 0 atom stereocenters. The van der Waals surface area contributed by atoms with E-state index in [1.807, 2.05) is 0 Å². The first-order valence-electron chi connectivity index (χ1n) is 0. The summed E-state index contributed by atoms with van der Waals surface area (Å²) in [6.07, 6.45) is 0. The van der Waals surface area contributed by atoms with Crippen LogP contribution in [-0.4, -0.2) is 8.41 Å². The molecule has 0 radical (unpaired) electrons. The van der Waals surface area contributed by atoms with E-state index in [1.165, 1.54) is 0 Å². The molecule has 5 heavy (non-hydrogen) atoms. The second-order valence-electron chi connectivity index (χ2n) is 0. The Morgan fingerprint density at radius 3 is 0.600 bits per heavy atom. The van der Waals surface area contributed by atoms with Crippen molar-refractivity contribution in [2.75, 3.05) is 0 Å². The average Bonchev–Trinajstić information content (AvgIpc) is 0. The van der Waals surface area contributed by atoms with Gasteiger partial charge < -0.3 is 14.1 Å². The van der Waals surface area contributed by atoms with Gasteiger partial charge in [0.25, 0.3) is 0 Å². The summed E-state index contributed by atoms with van der Waals surface area (Å²) < 4.78 is 0. The minimum absolute atomic E-state index is 0. The molecule has 0 N–H and O–H groups in total. The molecule has 0 aliphatic carbocycles. The fourth-order valence-corrected chi connectivity index (χ4v) is 0. The molecule has 0 saturated carbocycles. The van der Waals surface area contributed by atoms with Gasteiger partial charge in [-0.05, 0) is 0 Å². The van der Waals surface area contributed by atoms with E-state index in [-0.39, 0.29) is 27.2 Å². The second kappa shape index (κ2) is 635. The maximum Gasteiger partial charge on any atom is 3.00 e. The molecular weight excluding hydrogens is 86.8 g/mol. The molecule has 0 unspecified atom stereocenters. The van der Waals surface area contributed by atoms with Crippen LogP contribution >= 0.6 is 0 Å². The Kier molecular flexibility index (Phi) is 188000. The Bertz CT molecular complexity index is 3.61. The number of hydrogen-bond donors (Lipinski definition) is 0. The van der Waals surface area contributed by atoms with Crippen LogP contribution < -0.4 is 14.1 Å². The van der Waals surface area contributed by atoms with Gasteiger partial charge >= 0.3 is 8.41 Å². The Balaban J connectivity index is 0. The number of rotatable bonds is 0. The summed E-state index contributed by atoms with van der Waals surface area (Å²) in [5, 5.41) is 0. The molecule has 0 aliphatic rings. The SMILES string of the molecule is F.[B+3].[F-].[F-].[F-]. The predicted octanol–water partition coefficient (Wildman–Crippen LogP) is -9.22. The Morgan fingerprint density at radius 1 is 0.600 bits per heavy atom. The van der Waals surface area contributed by atoms with Crippen LogP contribution in [0.2, 0.25) is 0 Å². The average molecular weight is 87.8 g/mol. The molecule has 0 aromatic heterocycles. The largest absolute Gasteiger partial charge is 3.00 e. The van der Waals surface area contributed by atoms with Crippen molar-refractivity contribution in [1.29, 1.82) is 0 Å². The zero-order chi connectivity index (χ0) is 0. The van der Waals surface area contributed by atoms with Crippen molar-refractivity contribution in [3.05, 3.63) is 0 Å². The predicted molar refractivity (Wildman–Crippen MR) is 8.26 cm³/mol. The van der Waals surface area contributed by atoms with E-state index in [4.69, 9.17) is 0 Å². The molecule has 0 spiro atoms. The van der Waals surface area contributed by atoms with Crippen molar-refractivity contribution in [3.8, 4) is 0 Å². The molecule has 0 bridgehead atoms. The molecule has 0 aromatic carbocycles. The van der Waals surface area contributed by atoms with Crippen LogP contribution in [0.4, 0.5) is 4.70 Å². The maximum absolute atomic E-state index is 0. The summed E-state index contributed by atoms with van der Waals surface area (Å²) in [4.78, 5) is 0. The van der Waals surface area contributed by atoms with Crippen LogP contribution in [-0.2, 0) is 0 Å². The fraction of sp³-hybridized carbons (Fsp3) is 0. The van der Waals surface area contributed by atoms with Crippen LogP contribution in [0.5, 0.6) is 0 Å². The zero-order valence-electron chi connectivity index (χ0n) is 2.12. The Labute approximate surface area is 28.6 Å². The van der Waals surface area contributed by atoms with Gasteiger partial charge in [-0.25, -0.2) is 0 Å². The minimum Gasteiger partial charge on any atom is -1.00 e. The van der Waals surface area contributed by atoms with Crippen molar-refractivity contribution >= 4 is 8.41 Å². The van der Waals surface area contributed by atoms with Crippen LogP contribution in [0.25, 0.3) is 0 Å². The van der Waals surface area contributed by atoms with E-state index >= 15 is 0 Å². The molecule has 32 valence electrons. The molecule has 0 saturated heterocycles. The van der Waals surface area contributed by atoms with E-state index in [0.29, 0.717) is 0 Å². The van der Waals surface area contributed by atoms with Gasteiger partial charge in [0.05, 0.1) is 0 Å². The molecule has 0 aromatic rings.